The van der Waals surface area contributed by atoms with Crippen molar-refractivity contribution in [2.24, 2.45) is 5.92 Å². The third-order valence-corrected chi connectivity index (χ3v) is 8.71. The van der Waals surface area contributed by atoms with Crippen LogP contribution in [0.25, 0.3) is 22.3 Å². The molecule has 0 aliphatic heterocycles. The Balaban J connectivity index is 1.45. The molecular weight excluding hydrogens is 547 g/mol. The Kier molecular flexibility index (Phi) is 11.2. The fourth-order valence-electron chi connectivity index (χ4n) is 6.31. The van der Waals surface area contributed by atoms with E-state index in [2.05, 4.69) is 6.92 Å². The van der Waals surface area contributed by atoms with Gasteiger partial charge in [-0.05, 0) is 78.0 Å². The molecule has 1 aliphatic rings. The first-order chi connectivity index (χ1) is 20.2. The van der Waals surface area contributed by atoms with Crippen LogP contribution in [-0.4, -0.2) is 11.1 Å². The first-order valence-corrected chi connectivity index (χ1v) is 15.2. The molecule has 226 valence electrons. The lowest BCUT2D eigenvalue weighted by molar-refractivity contribution is 0.0686. The maximum absolute atomic E-state index is 15.4. The van der Waals surface area contributed by atoms with Crippen molar-refractivity contribution < 1.29 is 31.9 Å². The lowest BCUT2D eigenvalue weighted by Gasteiger charge is -2.29. The number of hydrogen-bond donors (Lipinski definition) is 1. The van der Waals surface area contributed by atoms with Crippen LogP contribution in [0.5, 0.6) is 0 Å². The molecule has 1 N–H and O–H groups in total. The zero-order valence-electron chi connectivity index (χ0n) is 24.1. The van der Waals surface area contributed by atoms with Crippen LogP contribution in [0.3, 0.4) is 0 Å². The van der Waals surface area contributed by atoms with E-state index >= 15 is 4.39 Å². The van der Waals surface area contributed by atoms with Gasteiger partial charge in [0.25, 0.3) is 0 Å². The highest BCUT2D eigenvalue weighted by atomic mass is 19.2. The minimum atomic E-state index is -1.87. The number of aromatic carboxylic acids is 1. The summed E-state index contributed by atoms with van der Waals surface area (Å²) in [6.45, 7) is 2.24. The van der Waals surface area contributed by atoms with Gasteiger partial charge in [0.2, 0.25) is 0 Å². The van der Waals surface area contributed by atoms with Crippen LogP contribution in [0.4, 0.5) is 22.0 Å². The highest BCUT2D eigenvalue weighted by Crippen LogP contribution is 2.41. The van der Waals surface area contributed by atoms with E-state index in [0.717, 1.165) is 30.4 Å². The van der Waals surface area contributed by atoms with E-state index in [0.29, 0.717) is 23.6 Å². The fourth-order valence-corrected chi connectivity index (χ4v) is 6.31. The van der Waals surface area contributed by atoms with Gasteiger partial charge in [-0.2, -0.15) is 0 Å². The largest absolute Gasteiger partial charge is 0.477 e. The van der Waals surface area contributed by atoms with Gasteiger partial charge >= 0.3 is 5.97 Å². The molecule has 4 rings (SSSR count). The van der Waals surface area contributed by atoms with Crippen LogP contribution < -0.4 is 0 Å². The topological polar surface area (TPSA) is 37.3 Å². The molecule has 0 atom stereocenters. The molecule has 42 heavy (non-hydrogen) atoms. The molecule has 7 heteroatoms. The van der Waals surface area contributed by atoms with Crippen molar-refractivity contribution in [1.29, 1.82) is 0 Å². The minimum absolute atomic E-state index is 0.0824. The maximum atomic E-state index is 15.4. The van der Waals surface area contributed by atoms with Gasteiger partial charge in [-0.25, -0.2) is 26.7 Å². The second-order valence-electron chi connectivity index (χ2n) is 11.6. The van der Waals surface area contributed by atoms with Crippen LogP contribution in [0, 0.1) is 35.0 Å². The summed E-state index contributed by atoms with van der Waals surface area (Å²) in [5.74, 6) is -8.42. The number of rotatable bonds is 13. The predicted molar refractivity (Wildman–Crippen MR) is 156 cm³/mol. The summed E-state index contributed by atoms with van der Waals surface area (Å²) >= 11 is 0. The number of carboxylic acids is 1. The average Bonchev–Trinajstić information content (AvgIpc) is 2.97. The minimum Gasteiger partial charge on any atom is -0.477 e. The second kappa shape index (κ2) is 14.8. The normalized spacial score (nSPS) is 17.0. The Bertz CT molecular complexity index is 1340. The predicted octanol–water partition coefficient (Wildman–Crippen LogP) is 11.2. The highest BCUT2D eigenvalue weighted by molar-refractivity contribution is 5.94. The summed E-state index contributed by atoms with van der Waals surface area (Å²) in [5.41, 5.74) is -0.828. The molecule has 0 saturated heterocycles. The van der Waals surface area contributed by atoms with Gasteiger partial charge in [-0.15, -0.1) is 0 Å². The zero-order valence-corrected chi connectivity index (χ0v) is 24.1. The molecule has 0 amide bonds. The van der Waals surface area contributed by atoms with Gasteiger partial charge in [0.15, 0.2) is 17.5 Å². The molecule has 0 unspecified atom stereocenters. The molecule has 2 nitrogen and oxygen atoms in total. The third-order valence-electron chi connectivity index (χ3n) is 8.71. The standard InChI is InChI=1S/C35H39F5O2/c1-2-3-4-5-6-7-8-9-10-22-11-13-23(14-12-22)24-15-17-25(18-16-24)27-21-28(36)32(35(41)42)34(40)31(27)26-19-29(37)33(39)30(38)20-26/h15-23H,2-14H2,1H3,(H,41,42). The monoisotopic (exact) mass is 586 g/mol. The summed E-state index contributed by atoms with van der Waals surface area (Å²) in [5, 5.41) is 9.35. The molecule has 0 bridgehead atoms. The molecule has 3 aromatic carbocycles. The maximum Gasteiger partial charge on any atom is 0.341 e. The van der Waals surface area contributed by atoms with Gasteiger partial charge < -0.3 is 5.11 Å². The van der Waals surface area contributed by atoms with Crippen molar-refractivity contribution in [1.82, 2.24) is 0 Å². The first kappa shape index (κ1) is 31.7. The van der Waals surface area contributed by atoms with E-state index in [1.54, 1.807) is 12.1 Å². The Hall–Kier alpha value is -3.22. The zero-order chi connectivity index (χ0) is 30.2. The van der Waals surface area contributed by atoms with E-state index in [-0.39, 0.29) is 5.56 Å². The van der Waals surface area contributed by atoms with E-state index in [9.17, 15) is 27.5 Å². The molecule has 0 radical (unpaired) electrons. The average molecular weight is 587 g/mol. The summed E-state index contributed by atoms with van der Waals surface area (Å²) in [6, 6.07) is 9.11. The van der Waals surface area contributed by atoms with Crippen molar-refractivity contribution in [2.75, 3.05) is 0 Å². The van der Waals surface area contributed by atoms with Gasteiger partial charge in [0.05, 0.1) is 0 Å². The first-order valence-electron chi connectivity index (χ1n) is 15.2. The number of benzene rings is 3. The lowest BCUT2D eigenvalue weighted by atomic mass is 9.77. The van der Waals surface area contributed by atoms with Crippen LogP contribution in [0.15, 0.2) is 42.5 Å². The van der Waals surface area contributed by atoms with Crippen molar-refractivity contribution in [3.8, 4) is 22.3 Å². The second-order valence-corrected chi connectivity index (χ2v) is 11.6. The van der Waals surface area contributed by atoms with Crippen LogP contribution >= 0.6 is 0 Å². The Morgan fingerprint density at radius 3 is 1.86 bits per heavy atom. The van der Waals surface area contributed by atoms with Crippen molar-refractivity contribution in [2.45, 2.75) is 96.3 Å². The molecular formula is C35H39F5O2. The van der Waals surface area contributed by atoms with Gasteiger partial charge in [0.1, 0.15) is 17.2 Å². The SMILES string of the molecule is CCCCCCCCCCC1CCC(c2ccc(-c3cc(F)c(C(=O)O)c(F)c3-c3cc(F)c(F)c(F)c3)cc2)CC1. The summed E-state index contributed by atoms with van der Waals surface area (Å²) in [4.78, 5) is 11.5. The van der Waals surface area contributed by atoms with Crippen LogP contribution in [-0.2, 0) is 0 Å². The summed E-state index contributed by atoms with van der Waals surface area (Å²) in [6.07, 6.45) is 16.3. The smallest absolute Gasteiger partial charge is 0.341 e. The molecule has 0 spiro atoms. The van der Waals surface area contributed by atoms with Crippen LogP contribution in [0.2, 0.25) is 0 Å². The van der Waals surface area contributed by atoms with Gasteiger partial charge in [-0.1, -0.05) is 89.0 Å². The van der Waals surface area contributed by atoms with Crippen LogP contribution in [0.1, 0.15) is 112 Å². The van der Waals surface area contributed by atoms with E-state index in [4.69, 9.17) is 0 Å². The molecule has 1 aliphatic carbocycles. The van der Waals surface area contributed by atoms with E-state index < -0.39 is 51.7 Å². The molecule has 1 saturated carbocycles. The van der Waals surface area contributed by atoms with Crippen molar-refractivity contribution >= 4 is 5.97 Å². The Labute approximate surface area is 245 Å². The highest BCUT2D eigenvalue weighted by Gasteiger charge is 2.27. The van der Waals surface area contributed by atoms with E-state index in [1.165, 1.54) is 70.6 Å². The fraction of sp³-hybridized carbons (Fsp3) is 0.457. The molecule has 0 heterocycles. The van der Waals surface area contributed by atoms with Gasteiger partial charge in [0, 0.05) is 5.56 Å². The number of unbranched alkanes of at least 4 members (excludes halogenated alkanes) is 7. The molecule has 1 fully saturated rings. The van der Waals surface area contributed by atoms with Gasteiger partial charge in [-0.3, -0.25) is 0 Å². The summed E-state index contributed by atoms with van der Waals surface area (Å²) in [7, 11) is 0. The summed E-state index contributed by atoms with van der Waals surface area (Å²) < 4.78 is 71.9. The molecule has 0 aromatic heterocycles. The number of hydrogen-bond acceptors (Lipinski definition) is 1. The number of halogens is 5. The number of carbonyl (C=O) groups is 1. The van der Waals surface area contributed by atoms with Crippen molar-refractivity contribution in [3.05, 3.63) is 82.7 Å². The van der Waals surface area contributed by atoms with Crippen molar-refractivity contribution in [3.63, 3.8) is 0 Å². The number of carboxylic acid groups (broad SMARTS) is 1. The Morgan fingerprint density at radius 2 is 1.29 bits per heavy atom. The quantitative estimate of drug-likeness (QED) is 0.123. The lowest BCUT2D eigenvalue weighted by Crippen LogP contribution is -2.13. The molecule has 3 aromatic rings. The Morgan fingerprint density at radius 1 is 0.714 bits per heavy atom. The third kappa shape index (κ3) is 7.59. The van der Waals surface area contributed by atoms with E-state index in [1.807, 2.05) is 12.1 Å².